The summed E-state index contributed by atoms with van der Waals surface area (Å²) in [6, 6.07) is 0. The van der Waals surface area contributed by atoms with Crippen LogP contribution in [0.5, 0.6) is 0 Å². The number of aliphatic hydroxyl groups is 1. The number of hydrogen-bond acceptors (Lipinski definition) is 8. The van der Waals surface area contributed by atoms with Crippen LogP contribution < -0.4 is 11.1 Å². The second kappa shape index (κ2) is 7.35. The van der Waals surface area contributed by atoms with Crippen molar-refractivity contribution in [2.24, 2.45) is 0 Å². The maximum Gasteiger partial charge on any atom is 0.329 e. The van der Waals surface area contributed by atoms with E-state index < -0.39 is 4.92 Å². The fraction of sp³-hybridized carbons (Fsp3) is 0.556. The minimum Gasteiger partial charge on any atom is -0.394 e. The Hall–Kier alpha value is -2.00. The lowest BCUT2D eigenvalue weighted by Crippen LogP contribution is -2.11. The molecule has 0 fully saturated rings. The van der Waals surface area contributed by atoms with Crippen LogP contribution in [0.2, 0.25) is 0 Å². The molecule has 9 heteroatoms. The number of nitrogens with zero attached hydrogens (tertiary/aromatic N) is 3. The average molecular weight is 257 g/mol. The highest BCUT2D eigenvalue weighted by molar-refractivity contribution is 5.56. The first kappa shape index (κ1) is 14.1. The van der Waals surface area contributed by atoms with Gasteiger partial charge in [0.15, 0.2) is 0 Å². The van der Waals surface area contributed by atoms with Gasteiger partial charge in [0.1, 0.15) is 6.20 Å². The van der Waals surface area contributed by atoms with E-state index in [-0.39, 0.29) is 30.7 Å². The maximum atomic E-state index is 10.7. The van der Waals surface area contributed by atoms with E-state index in [2.05, 4.69) is 15.3 Å². The second-order valence-corrected chi connectivity index (χ2v) is 3.34. The van der Waals surface area contributed by atoms with Crippen molar-refractivity contribution in [3.8, 4) is 0 Å². The van der Waals surface area contributed by atoms with Crippen molar-refractivity contribution in [3.63, 3.8) is 0 Å². The number of anilines is 2. The van der Waals surface area contributed by atoms with Crippen molar-refractivity contribution in [2.75, 3.05) is 37.4 Å². The number of nitrogen functional groups attached to an aromatic ring is 1. The molecule has 0 aliphatic carbocycles. The normalized spacial score (nSPS) is 10.3. The smallest absolute Gasteiger partial charge is 0.329 e. The molecule has 1 heterocycles. The van der Waals surface area contributed by atoms with Crippen LogP contribution in [0.4, 0.5) is 17.5 Å². The van der Waals surface area contributed by atoms with Gasteiger partial charge < -0.3 is 20.9 Å². The summed E-state index contributed by atoms with van der Waals surface area (Å²) in [6.07, 6.45) is 1.69. The molecule has 100 valence electrons. The van der Waals surface area contributed by atoms with Crippen molar-refractivity contribution in [2.45, 2.75) is 6.42 Å². The van der Waals surface area contributed by atoms with E-state index in [0.717, 1.165) is 6.20 Å². The van der Waals surface area contributed by atoms with Crippen LogP contribution in [0.25, 0.3) is 0 Å². The fourth-order valence-corrected chi connectivity index (χ4v) is 1.20. The predicted octanol–water partition coefficient (Wildman–Crippen LogP) is -0.222. The standard InChI is InChI=1S/C9H15N5O4/c10-9-12-6-7(14(16)17)8(13-9)11-2-1-4-18-5-3-15/h6,15H,1-5H2,(H3,10,11,12,13). The highest BCUT2D eigenvalue weighted by Crippen LogP contribution is 2.20. The number of nitrogens with one attached hydrogen (secondary N) is 1. The monoisotopic (exact) mass is 257 g/mol. The van der Waals surface area contributed by atoms with Crippen molar-refractivity contribution in [3.05, 3.63) is 16.3 Å². The molecule has 9 nitrogen and oxygen atoms in total. The Morgan fingerprint density at radius 2 is 2.33 bits per heavy atom. The Morgan fingerprint density at radius 1 is 1.56 bits per heavy atom. The van der Waals surface area contributed by atoms with Crippen molar-refractivity contribution in [1.82, 2.24) is 9.97 Å². The Labute approximate surface area is 103 Å². The molecule has 1 aromatic heterocycles. The molecule has 0 amide bonds. The van der Waals surface area contributed by atoms with E-state index in [1.165, 1.54) is 0 Å². The Morgan fingerprint density at radius 3 is 3.00 bits per heavy atom. The van der Waals surface area contributed by atoms with E-state index in [4.69, 9.17) is 15.6 Å². The molecular weight excluding hydrogens is 242 g/mol. The van der Waals surface area contributed by atoms with Gasteiger partial charge in [0.05, 0.1) is 18.1 Å². The third-order valence-electron chi connectivity index (χ3n) is 1.98. The first-order chi connectivity index (χ1) is 8.65. The molecule has 0 atom stereocenters. The molecule has 0 aliphatic heterocycles. The van der Waals surface area contributed by atoms with Crippen molar-refractivity contribution < 1.29 is 14.8 Å². The van der Waals surface area contributed by atoms with Gasteiger partial charge in [-0.05, 0) is 6.42 Å². The molecule has 0 bridgehead atoms. The molecule has 0 unspecified atom stereocenters. The topological polar surface area (TPSA) is 136 Å². The third-order valence-corrected chi connectivity index (χ3v) is 1.98. The van der Waals surface area contributed by atoms with Gasteiger partial charge in [-0.15, -0.1) is 0 Å². The highest BCUT2D eigenvalue weighted by Gasteiger charge is 2.15. The molecule has 1 aromatic rings. The van der Waals surface area contributed by atoms with Gasteiger partial charge in [-0.1, -0.05) is 0 Å². The summed E-state index contributed by atoms with van der Waals surface area (Å²) >= 11 is 0. The largest absolute Gasteiger partial charge is 0.394 e. The first-order valence-corrected chi connectivity index (χ1v) is 5.34. The van der Waals surface area contributed by atoms with E-state index in [0.29, 0.717) is 19.6 Å². The van der Waals surface area contributed by atoms with Crippen molar-refractivity contribution >= 4 is 17.5 Å². The van der Waals surface area contributed by atoms with E-state index >= 15 is 0 Å². The number of aliphatic hydroxyl groups excluding tert-OH is 1. The summed E-state index contributed by atoms with van der Waals surface area (Å²) in [5, 5.41) is 22.0. The van der Waals surface area contributed by atoms with Gasteiger partial charge in [-0.3, -0.25) is 10.1 Å². The van der Waals surface area contributed by atoms with Gasteiger partial charge in [0, 0.05) is 13.2 Å². The summed E-state index contributed by atoms with van der Waals surface area (Å²) in [5.74, 6) is 0.0642. The quantitative estimate of drug-likeness (QED) is 0.330. The van der Waals surface area contributed by atoms with Crippen LogP contribution in [-0.4, -0.2) is 46.4 Å². The van der Waals surface area contributed by atoms with Crippen LogP contribution in [0.3, 0.4) is 0 Å². The number of nitrogens with two attached hydrogens (primary N) is 1. The summed E-state index contributed by atoms with van der Waals surface area (Å²) in [6.45, 7) is 1.15. The van der Waals surface area contributed by atoms with Crippen LogP contribution in [-0.2, 0) is 4.74 Å². The molecule has 0 radical (unpaired) electrons. The molecule has 0 aromatic carbocycles. The zero-order valence-electron chi connectivity index (χ0n) is 9.70. The number of rotatable bonds is 8. The van der Waals surface area contributed by atoms with Gasteiger partial charge in [0.2, 0.25) is 11.8 Å². The Balaban J connectivity index is 2.45. The molecule has 0 spiro atoms. The van der Waals surface area contributed by atoms with Crippen LogP contribution >= 0.6 is 0 Å². The third kappa shape index (κ3) is 4.47. The summed E-state index contributed by atoms with van der Waals surface area (Å²) in [7, 11) is 0. The van der Waals surface area contributed by atoms with Crippen molar-refractivity contribution in [1.29, 1.82) is 0 Å². The average Bonchev–Trinajstić information content (AvgIpc) is 2.33. The van der Waals surface area contributed by atoms with Gasteiger partial charge in [0.25, 0.3) is 0 Å². The number of aromatic nitrogens is 2. The molecule has 0 saturated heterocycles. The van der Waals surface area contributed by atoms with E-state index in [1.54, 1.807) is 0 Å². The van der Waals surface area contributed by atoms with E-state index in [1.807, 2.05) is 0 Å². The molecule has 4 N–H and O–H groups in total. The number of hydrogen-bond donors (Lipinski definition) is 3. The minimum atomic E-state index is -0.579. The Bertz CT molecular complexity index is 401. The molecular formula is C9H15N5O4. The van der Waals surface area contributed by atoms with Crippen LogP contribution in [0, 0.1) is 10.1 Å². The van der Waals surface area contributed by atoms with E-state index in [9.17, 15) is 10.1 Å². The predicted molar refractivity (Wildman–Crippen MR) is 64.1 cm³/mol. The number of nitro groups is 1. The molecule has 0 saturated carbocycles. The Kier molecular flexibility index (Phi) is 5.74. The van der Waals surface area contributed by atoms with Gasteiger partial charge in [-0.2, -0.15) is 4.98 Å². The molecule has 18 heavy (non-hydrogen) atoms. The second-order valence-electron chi connectivity index (χ2n) is 3.34. The zero-order valence-corrected chi connectivity index (χ0v) is 9.70. The summed E-state index contributed by atoms with van der Waals surface area (Å²) in [4.78, 5) is 17.4. The lowest BCUT2D eigenvalue weighted by Gasteiger charge is -2.06. The minimum absolute atomic E-state index is 0.0264. The van der Waals surface area contributed by atoms with Gasteiger partial charge in [-0.25, -0.2) is 4.98 Å². The summed E-state index contributed by atoms with van der Waals surface area (Å²) in [5.41, 5.74) is 5.14. The molecule has 1 rings (SSSR count). The highest BCUT2D eigenvalue weighted by atomic mass is 16.6. The maximum absolute atomic E-state index is 10.7. The lowest BCUT2D eigenvalue weighted by molar-refractivity contribution is -0.384. The first-order valence-electron chi connectivity index (χ1n) is 5.34. The van der Waals surface area contributed by atoms with Crippen LogP contribution in [0.15, 0.2) is 6.20 Å². The van der Waals surface area contributed by atoms with Gasteiger partial charge >= 0.3 is 5.69 Å². The van der Waals surface area contributed by atoms with Crippen LogP contribution in [0.1, 0.15) is 6.42 Å². The SMILES string of the molecule is Nc1ncc([N+](=O)[O-])c(NCCCOCCO)n1. The number of ether oxygens (including phenoxy) is 1. The lowest BCUT2D eigenvalue weighted by atomic mass is 10.4. The summed E-state index contributed by atoms with van der Waals surface area (Å²) < 4.78 is 5.04. The molecule has 0 aliphatic rings. The fourth-order valence-electron chi connectivity index (χ4n) is 1.20. The zero-order chi connectivity index (χ0) is 13.4.